The molecule has 0 aliphatic rings. The highest BCUT2D eigenvalue weighted by molar-refractivity contribution is 5.92. The molecule has 0 fully saturated rings. The van der Waals surface area contributed by atoms with E-state index in [-0.39, 0.29) is 30.2 Å². The first-order valence-electron chi connectivity index (χ1n) is 5.57. The van der Waals surface area contributed by atoms with Crippen LogP contribution in [-0.2, 0) is 4.79 Å². The fourth-order valence-electron chi connectivity index (χ4n) is 1.38. The maximum Gasteiger partial charge on any atom is 0.339 e. The molecule has 0 radical (unpaired) electrons. The van der Waals surface area contributed by atoms with E-state index >= 15 is 0 Å². The van der Waals surface area contributed by atoms with Gasteiger partial charge in [0, 0.05) is 12.2 Å². The zero-order valence-corrected chi connectivity index (χ0v) is 10.1. The summed E-state index contributed by atoms with van der Waals surface area (Å²) >= 11 is 0. The highest BCUT2D eigenvalue weighted by Gasteiger charge is 2.12. The van der Waals surface area contributed by atoms with Gasteiger partial charge in [0.2, 0.25) is 5.91 Å². The van der Waals surface area contributed by atoms with E-state index in [1.807, 2.05) is 6.92 Å². The normalized spacial score (nSPS) is 9.83. The second kappa shape index (κ2) is 6.48. The van der Waals surface area contributed by atoms with Crippen molar-refractivity contribution >= 4 is 17.6 Å². The molecule has 0 aliphatic heterocycles. The summed E-state index contributed by atoms with van der Waals surface area (Å²) in [5.74, 6) is -1.04. The SMILES string of the molecule is CCNC(=O)CCOc1ccc(N)cc1C(=O)O. The number of carboxylic acids is 1. The molecule has 0 aliphatic carbocycles. The minimum atomic E-state index is -1.12. The molecule has 98 valence electrons. The van der Waals surface area contributed by atoms with E-state index < -0.39 is 5.97 Å². The van der Waals surface area contributed by atoms with E-state index in [0.29, 0.717) is 12.2 Å². The van der Waals surface area contributed by atoms with Gasteiger partial charge in [0.25, 0.3) is 0 Å². The molecule has 6 nitrogen and oxygen atoms in total. The van der Waals surface area contributed by atoms with E-state index in [0.717, 1.165) is 0 Å². The van der Waals surface area contributed by atoms with Crippen LogP contribution < -0.4 is 15.8 Å². The lowest BCUT2D eigenvalue weighted by atomic mass is 10.2. The van der Waals surface area contributed by atoms with Gasteiger partial charge in [0.1, 0.15) is 11.3 Å². The van der Waals surface area contributed by atoms with Gasteiger partial charge in [0.05, 0.1) is 13.0 Å². The summed E-state index contributed by atoms with van der Waals surface area (Å²) in [6, 6.07) is 4.36. The molecule has 4 N–H and O–H groups in total. The third-order valence-corrected chi connectivity index (χ3v) is 2.19. The van der Waals surface area contributed by atoms with Crippen LogP contribution in [-0.4, -0.2) is 30.1 Å². The summed E-state index contributed by atoms with van der Waals surface area (Å²) in [4.78, 5) is 22.1. The maximum absolute atomic E-state index is 11.2. The van der Waals surface area contributed by atoms with Gasteiger partial charge in [-0.2, -0.15) is 0 Å². The zero-order valence-electron chi connectivity index (χ0n) is 10.1. The summed E-state index contributed by atoms with van der Waals surface area (Å²) < 4.78 is 5.27. The molecule has 6 heteroatoms. The van der Waals surface area contributed by atoms with E-state index in [4.69, 9.17) is 15.6 Å². The summed E-state index contributed by atoms with van der Waals surface area (Å²) in [6.07, 6.45) is 0.178. The predicted octanol–water partition coefficient (Wildman–Crippen LogP) is 0.872. The summed E-state index contributed by atoms with van der Waals surface area (Å²) in [7, 11) is 0. The average Bonchev–Trinajstić information content (AvgIpc) is 2.31. The first-order chi connectivity index (χ1) is 8.54. The lowest BCUT2D eigenvalue weighted by molar-refractivity contribution is -0.121. The molecule has 0 aromatic heterocycles. The topological polar surface area (TPSA) is 102 Å². The first-order valence-corrected chi connectivity index (χ1v) is 5.57. The van der Waals surface area contributed by atoms with E-state index in [1.54, 1.807) is 6.07 Å². The number of nitrogen functional groups attached to an aromatic ring is 1. The molecule has 0 saturated heterocycles. The molecule has 18 heavy (non-hydrogen) atoms. The predicted molar refractivity (Wildman–Crippen MR) is 66.6 cm³/mol. The third-order valence-electron chi connectivity index (χ3n) is 2.19. The molecule has 1 amide bonds. The average molecular weight is 252 g/mol. The molecule has 1 aromatic carbocycles. The van der Waals surface area contributed by atoms with E-state index in [2.05, 4.69) is 5.32 Å². The molecule has 1 aromatic rings. The Kier molecular flexibility index (Phi) is 4.98. The van der Waals surface area contributed by atoms with Crippen molar-refractivity contribution in [1.82, 2.24) is 5.32 Å². The number of nitrogens with two attached hydrogens (primary N) is 1. The molecule has 1 rings (SSSR count). The van der Waals surface area contributed by atoms with E-state index in [1.165, 1.54) is 12.1 Å². The molecule has 0 bridgehead atoms. The Morgan fingerprint density at radius 2 is 2.17 bits per heavy atom. The standard InChI is InChI=1S/C12H16N2O4/c1-2-14-11(15)5-6-18-10-4-3-8(13)7-9(10)12(16)17/h3-4,7H,2,5-6,13H2,1H3,(H,14,15)(H,16,17). The number of aromatic carboxylic acids is 1. The number of rotatable bonds is 6. The fraction of sp³-hybridized carbons (Fsp3) is 0.333. The summed E-state index contributed by atoms with van der Waals surface area (Å²) in [6.45, 7) is 2.50. The van der Waals surface area contributed by atoms with Crippen molar-refractivity contribution in [2.75, 3.05) is 18.9 Å². The second-order valence-electron chi connectivity index (χ2n) is 3.61. The number of carbonyl (C=O) groups is 2. The van der Waals surface area contributed by atoms with Gasteiger partial charge < -0.3 is 20.9 Å². The van der Waals surface area contributed by atoms with Crippen molar-refractivity contribution in [3.63, 3.8) is 0 Å². The van der Waals surface area contributed by atoms with Crippen molar-refractivity contribution in [3.05, 3.63) is 23.8 Å². The first kappa shape index (κ1) is 13.8. The van der Waals surface area contributed by atoms with Crippen LogP contribution in [0.3, 0.4) is 0 Å². The lowest BCUT2D eigenvalue weighted by Crippen LogP contribution is -2.24. The Labute approximate surface area is 105 Å². The molecule has 0 spiro atoms. The van der Waals surface area contributed by atoms with Crippen LogP contribution in [0.15, 0.2) is 18.2 Å². The molecule has 0 unspecified atom stereocenters. The number of hydrogen-bond acceptors (Lipinski definition) is 4. The Bertz CT molecular complexity index is 446. The fourth-order valence-corrected chi connectivity index (χ4v) is 1.38. The number of benzene rings is 1. The van der Waals surface area contributed by atoms with Crippen molar-refractivity contribution < 1.29 is 19.4 Å². The van der Waals surface area contributed by atoms with Gasteiger partial charge >= 0.3 is 5.97 Å². The number of hydrogen-bond donors (Lipinski definition) is 3. The number of carboxylic acid groups (broad SMARTS) is 1. The van der Waals surface area contributed by atoms with Gasteiger partial charge in [-0.05, 0) is 25.1 Å². The minimum absolute atomic E-state index is 0.00843. The quantitative estimate of drug-likeness (QED) is 0.652. The highest BCUT2D eigenvalue weighted by atomic mass is 16.5. The minimum Gasteiger partial charge on any atom is -0.492 e. The van der Waals surface area contributed by atoms with Gasteiger partial charge in [-0.1, -0.05) is 0 Å². The van der Waals surface area contributed by atoms with Crippen molar-refractivity contribution in [2.45, 2.75) is 13.3 Å². The van der Waals surface area contributed by atoms with Crippen LogP contribution in [0.5, 0.6) is 5.75 Å². The van der Waals surface area contributed by atoms with Crippen LogP contribution in [0.1, 0.15) is 23.7 Å². The van der Waals surface area contributed by atoms with Crippen LogP contribution in [0, 0.1) is 0 Å². The van der Waals surface area contributed by atoms with Crippen LogP contribution in [0.2, 0.25) is 0 Å². The van der Waals surface area contributed by atoms with Crippen LogP contribution >= 0.6 is 0 Å². The van der Waals surface area contributed by atoms with Gasteiger partial charge in [-0.3, -0.25) is 4.79 Å². The Morgan fingerprint density at radius 1 is 1.44 bits per heavy atom. The zero-order chi connectivity index (χ0) is 13.5. The van der Waals surface area contributed by atoms with Crippen molar-refractivity contribution in [1.29, 1.82) is 0 Å². The third kappa shape index (κ3) is 3.97. The maximum atomic E-state index is 11.2. The van der Waals surface area contributed by atoms with Crippen molar-refractivity contribution in [2.24, 2.45) is 0 Å². The van der Waals surface area contributed by atoms with Crippen LogP contribution in [0.4, 0.5) is 5.69 Å². The number of ether oxygens (including phenoxy) is 1. The Balaban J connectivity index is 2.62. The van der Waals surface area contributed by atoms with Crippen molar-refractivity contribution in [3.8, 4) is 5.75 Å². The van der Waals surface area contributed by atoms with Gasteiger partial charge in [-0.25, -0.2) is 4.79 Å². The van der Waals surface area contributed by atoms with E-state index in [9.17, 15) is 9.59 Å². The smallest absolute Gasteiger partial charge is 0.339 e. The van der Waals surface area contributed by atoms with Gasteiger partial charge in [-0.15, -0.1) is 0 Å². The summed E-state index contributed by atoms with van der Waals surface area (Å²) in [5, 5.41) is 11.6. The molecule has 0 atom stereocenters. The van der Waals surface area contributed by atoms with Gasteiger partial charge in [0.15, 0.2) is 0 Å². The number of anilines is 1. The second-order valence-corrected chi connectivity index (χ2v) is 3.61. The largest absolute Gasteiger partial charge is 0.492 e. The molecule has 0 saturated carbocycles. The molecule has 0 heterocycles. The van der Waals surface area contributed by atoms with Crippen LogP contribution in [0.25, 0.3) is 0 Å². The molecular weight excluding hydrogens is 236 g/mol. The number of amides is 1. The summed E-state index contributed by atoms with van der Waals surface area (Å²) in [5.41, 5.74) is 5.84. The highest BCUT2D eigenvalue weighted by Crippen LogP contribution is 2.21. The Morgan fingerprint density at radius 3 is 2.78 bits per heavy atom. The number of carbonyl (C=O) groups excluding carboxylic acids is 1. The number of nitrogens with one attached hydrogen (secondary N) is 1. The molecular formula is C12H16N2O4. The lowest BCUT2D eigenvalue weighted by Gasteiger charge is -2.09. The Hall–Kier alpha value is -2.24. The monoisotopic (exact) mass is 252 g/mol.